The van der Waals surface area contributed by atoms with Crippen LogP contribution < -0.4 is 5.32 Å². The molecule has 0 heterocycles. The molecule has 1 amide bonds. The second-order valence-electron chi connectivity index (χ2n) is 4.34. The van der Waals surface area contributed by atoms with Gasteiger partial charge in [0.05, 0.1) is 5.54 Å². The first-order valence-electron chi connectivity index (χ1n) is 5.07. The van der Waals surface area contributed by atoms with Crippen LogP contribution in [0.15, 0.2) is 36.4 Å². The molecule has 1 rings (SSSR count). The molecule has 0 aliphatic heterocycles. The number of carbonyl (C=O) groups is 1. The maximum atomic E-state index is 11.6. The van der Waals surface area contributed by atoms with E-state index in [4.69, 9.17) is 11.6 Å². The van der Waals surface area contributed by atoms with Gasteiger partial charge in [-0.3, -0.25) is 4.79 Å². The zero-order chi connectivity index (χ0) is 12.3. The molecule has 0 saturated heterocycles. The highest BCUT2D eigenvalue weighted by Gasteiger charge is 2.24. The summed E-state index contributed by atoms with van der Waals surface area (Å²) in [4.78, 5) is 11.6. The Kier molecular flexibility index (Phi) is 3.76. The van der Waals surface area contributed by atoms with Crippen molar-refractivity contribution in [1.29, 1.82) is 0 Å². The number of halogens is 1. The van der Waals surface area contributed by atoms with Gasteiger partial charge in [0.15, 0.2) is 0 Å². The zero-order valence-electron chi connectivity index (χ0n) is 9.80. The average molecular weight is 238 g/mol. The highest BCUT2D eigenvalue weighted by Crippen LogP contribution is 2.27. The molecule has 2 nitrogen and oxygen atoms in total. The summed E-state index contributed by atoms with van der Waals surface area (Å²) in [5, 5.41) is 3.54. The van der Waals surface area contributed by atoms with Crippen LogP contribution >= 0.6 is 11.6 Å². The quantitative estimate of drug-likeness (QED) is 0.804. The predicted molar refractivity (Wildman–Crippen MR) is 67.4 cm³/mol. The van der Waals surface area contributed by atoms with Gasteiger partial charge in [-0.15, -0.1) is 0 Å². The van der Waals surface area contributed by atoms with Crippen molar-refractivity contribution in [2.45, 2.75) is 26.3 Å². The minimum Gasteiger partial charge on any atom is -0.343 e. The van der Waals surface area contributed by atoms with Gasteiger partial charge < -0.3 is 5.32 Å². The monoisotopic (exact) mass is 237 g/mol. The summed E-state index contributed by atoms with van der Waals surface area (Å²) in [6.07, 6.45) is 0. The van der Waals surface area contributed by atoms with E-state index in [9.17, 15) is 4.79 Å². The number of rotatable bonds is 3. The molecule has 0 unspecified atom stereocenters. The molecule has 1 aromatic rings. The molecule has 16 heavy (non-hydrogen) atoms. The molecule has 0 aromatic heterocycles. The fourth-order valence-electron chi connectivity index (χ4n) is 1.43. The molecule has 1 aromatic carbocycles. The minimum absolute atomic E-state index is 0.162. The van der Waals surface area contributed by atoms with E-state index < -0.39 is 5.54 Å². The lowest BCUT2D eigenvalue weighted by molar-refractivity contribution is -0.119. The largest absolute Gasteiger partial charge is 0.343 e. The fraction of sp³-hybridized carbons (Fsp3) is 0.308. The molecule has 0 radical (unpaired) electrons. The number of hydrogen-bond acceptors (Lipinski definition) is 1. The van der Waals surface area contributed by atoms with Crippen molar-refractivity contribution in [3.63, 3.8) is 0 Å². The maximum Gasteiger partial charge on any atom is 0.246 e. The smallest absolute Gasteiger partial charge is 0.246 e. The van der Waals surface area contributed by atoms with Gasteiger partial charge >= 0.3 is 0 Å². The average Bonchev–Trinajstić information content (AvgIpc) is 2.17. The topological polar surface area (TPSA) is 29.1 Å². The number of carbonyl (C=O) groups excluding carboxylic acids is 1. The lowest BCUT2D eigenvalue weighted by Gasteiger charge is -2.27. The van der Waals surface area contributed by atoms with Crippen LogP contribution in [0.5, 0.6) is 0 Å². The van der Waals surface area contributed by atoms with E-state index in [1.807, 2.05) is 38.1 Å². The van der Waals surface area contributed by atoms with Gasteiger partial charge in [0, 0.05) is 10.6 Å². The standard InChI is InChI=1S/C13H16ClNO/c1-9(2)12(16)15-13(3,4)10-7-5-6-8-11(10)14/h5-8H,1H2,2-4H3,(H,15,16). The molecular formula is C13H16ClNO. The Bertz CT molecular complexity index is 424. The molecule has 0 atom stereocenters. The summed E-state index contributed by atoms with van der Waals surface area (Å²) in [7, 11) is 0. The van der Waals surface area contributed by atoms with Crippen LogP contribution in [0.1, 0.15) is 26.3 Å². The predicted octanol–water partition coefficient (Wildman–Crippen LogP) is 3.27. The van der Waals surface area contributed by atoms with Crippen LogP contribution in [0, 0.1) is 0 Å². The Labute approximate surface area is 101 Å². The van der Waals surface area contributed by atoms with Crippen molar-refractivity contribution in [2.75, 3.05) is 0 Å². The lowest BCUT2D eigenvalue weighted by Crippen LogP contribution is -2.41. The molecule has 1 N–H and O–H groups in total. The summed E-state index contributed by atoms with van der Waals surface area (Å²) in [6, 6.07) is 7.48. The Morgan fingerprint density at radius 2 is 1.94 bits per heavy atom. The maximum absolute atomic E-state index is 11.6. The molecule has 0 aliphatic carbocycles. The van der Waals surface area contributed by atoms with Crippen LogP contribution in [-0.4, -0.2) is 5.91 Å². The number of hydrogen-bond donors (Lipinski definition) is 1. The van der Waals surface area contributed by atoms with E-state index in [0.717, 1.165) is 5.56 Å². The van der Waals surface area contributed by atoms with Gasteiger partial charge in [-0.2, -0.15) is 0 Å². The van der Waals surface area contributed by atoms with E-state index >= 15 is 0 Å². The summed E-state index contributed by atoms with van der Waals surface area (Å²) >= 11 is 6.10. The van der Waals surface area contributed by atoms with Gasteiger partial charge in [0.1, 0.15) is 0 Å². The number of nitrogens with one attached hydrogen (secondary N) is 1. The zero-order valence-corrected chi connectivity index (χ0v) is 10.6. The lowest BCUT2D eigenvalue weighted by atomic mass is 9.94. The van der Waals surface area contributed by atoms with Crippen LogP contribution in [0.2, 0.25) is 5.02 Å². The molecule has 0 aliphatic rings. The Morgan fingerprint density at radius 3 is 2.44 bits per heavy atom. The highest BCUT2D eigenvalue weighted by atomic mass is 35.5. The third-order valence-corrected chi connectivity index (χ3v) is 2.69. The van der Waals surface area contributed by atoms with Crippen LogP contribution in [0.25, 0.3) is 0 Å². The first-order chi connectivity index (χ1) is 7.34. The van der Waals surface area contributed by atoms with E-state index in [1.165, 1.54) is 0 Å². The number of benzene rings is 1. The van der Waals surface area contributed by atoms with Crippen molar-refractivity contribution < 1.29 is 4.79 Å². The van der Waals surface area contributed by atoms with Gasteiger partial charge in [-0.05, 0) is 32.4 Å². The molecule has 86 valence electrons. The van der Waals surface area contributed by atoms with E-state index in [2.05, 4.69) is 11.9 Å². The minimum atomic E-state index is -0.506. The molecule has 0 spiro atoms. The third-order valence-electron chi connectivity index (χ3n) is 2.36. The normalized spacial score (nSPS) is 11.0. The second-order valence-corrected chi connectivity index (χ2v) is 4.75. The molecule has 3 heteroatoms. The molecule has 0 bridgehead atoms. The second kappa shape index (κ2) is 4.71. The van der Waals surface area contributed by atoms with Crippen molar-refractivity contribution in [3.8, 4) is 0 Å². The molecule has 0 saturated carbocycles. The van der Waals surface area contributed by atoms with Crippen molar-refractivity contribution in [1.82, 2.24) is 5.32 Å². The number of amides is 1. The van der Waals surface area contributed by atoms with Crippen molar-refractivity contribution >= 4 is 17.5 Å². The summed E-state index contributed by atoms with van der Waals surface area (Å²) in [5.74, 6) is -0.162. The molecule has 0 fully saturated rings. The Morgan fingerprint density at radius 1 is 1.38 bits per heavy atom. The van der Waals surface area contributed by atoms with Crippen LogP contribution in [0.3, 0.4) is 0 Å². The highest BCUT2D eigenvalue weighted by molar-refractivity contribution is 6.31. The third kappa shape index (κ3) is 2.86. The summed E-state index contributed by atoms with van der Waals surface area (Å²) in [5.41, 5.74) is 0.875. The van der Waals surface area contributed by atoms with E-state index in [1.54, 1.807) is 6.92 Å². The van der Waals surface area contributed by atoms with E-state index in [-0.39, 0.29) is 5.91 Å². The molecular weight excluding hydrogens is 222 g/mol. The first kappa shape index (κ1) is 12.8. The van der Waals surface area contributed by atoms with E-state index in [0.29, 0.717) is 10.6 Å². The van der Waals surface area contributed by atoms with Gasteiger partial charge in [-0.25, -0.2) is 0 Å². The van der Waals surface area contributed by atoms with Gasteiger partial charge in [-0.1, -0.05) is 36.4 Å². The van der Waals surface area contributed by atoms with Crippen molar-refractivity contribution in [2.24, 2.45) is 0 Å². The fourth-order valence-corrected chi connectivity index (χ4v) is 1.80. The van der Waals surface area contributed by atoms with Crippen LogP contribution in [0.4, 0.5) is 0 Å². The Balaban J connectivity index is 2.98. The SMILES string of the molecule is C=C(C)C(=O)NC(C)(C)c1ccccc1Cl. The summed E-state index contributed by atoms with van der Waals surface area (Å²) < 4.78 is 0. The first-order valence-corrected chi connectivity index (χ1v) is 5.45. The van der Waals surface area contributed by atoms with Crippen LogP contribution in [-0.2, 0) is 10.3 Å². The van der Waals surface area contributed by atoms with Gasteiger partial charge in [0.25, 0.3) is 0 Å². The van der Waals surface area contributed by atoms with Gasteiger partial charge in [0.2, 0.25) is 5.91 Å². The summed E-state index contributed by atoms with van der Waals surface area (Å²) in [6.45, 7) is 9.11. The Hall–Kier alpha value is -1.28. The van der Waals surface area contributed by atoms with Crippen molar-refractivity contribution in [3.05, 3.63) is 47.0 Å².